The van der Waals surface area contributed by atoms with Gasteiger partial charge in [0.05, 0.1) is 0 Å². The molecule has 1 nitrogen and oxygen atoms in total. The fourth-order valence-corrected chi connectivity index (χ4v) is 8.34. The molecule has 0 aliphatic heterocycles. The number of fused-ring (bicyclic) bond motifs is 1. The molecule has 2 heteroatoms. The number of hydrogen-bond donors (Lipinski definition) is 0. The van der Waals surface area contributed by atoms with Gasteiger partial charge in [-0.15, -0.1) is 0 Å². The fourth-order valence-electron chi connectivity index (χ4n) is 4.65. The van der Waals surface area contributed by atoms with E-state index in [4.69, 9.17) is 0 Å². The van der Waals surface area contributed by atoms with Crippen LogP contribution in [-0.2, 0) is 4.79 Å². The predicted octanol–water partition coefficient (Wildman–Crippen LogP) is 5.93. The van der Waals surface area contributed by atoms with Crippen molar-refractivity contribution in [3.05, 3.63) is 22.6 Å². The molecule has 0 aromatic heterocycles. The van der Waals surface area contributed by atoms with Crippen molar-refractivity contribution >= 4 is 19.0 Å². The summed E-state index contributed by atoms with van der Waals surface area (Å²) in [6, 6.07) is 0. The summed E-state index contributed by atoms with van der Waals surface area (Å²) in [6.45, 7) is 8.77. The minimum absolute atomic E-state index is 0.108. The SMILES string of the molecule is C=C1CCC[C@@H]2C(=O)[C@@H](CC/[C](=C\C)[Ge]([CH3])([CH3])[CH3])CC[C@@]12C. The molecule has 3 atom stereocenters. The molecule has 2 rings (SSSR count). The monoisotopic (exact) mass is 364 g/mol. The molecular weight excluding hydrogens is 329 g/mol. The summed E-state index contributed by atoms with van der Waals surface area (Å²) < 4.78 is 1.68. The van der Waals surface area contributed by atoms with Crippen molar-refractivity contribution in [3.8, 4) is 0 Å². The van der Waals surface area contributed by atoms with Crippen molar-refractivity contribution in [1.82, 2.24) is 0 Å². The molecular formula is C20H34GeO. The number of allylic oxidation sites excluding steroid dienone is 3. The molecule has 0 unspecified atom stereocenters. The summed E-state index contributed by atoms with van der Waals surface area (Å²) in [4.78, 5) is 13.0. The average Bonchev–Trinajstić information content (AvgIpc) is 2.43. The molecule has 0 radical (unpaired) electrons. The third-order valence-corrected chi connectivity index (χ3v) is 11.6. The molecule has 0 aromatic rings. The summed E-state index contributed by atoms with van der Waals surface area (Å²) in [6.07, 6.45) is 10.2. The Kier molecular flexibility index (Phi) is 5.47. The van der Waals surface area contributed by atoms with Gasteiger partial charge in [0.25, 0.3) is 0 Å². The molecule has 0 aromatic carbocycles. The van der Waals surface area contributed by atoms with Gasteiger partial charge in [-0.25, -0.2) is 0 Å². The number of Topliss-reactive ketones (excluding diaryl/α,β-unsaturated/α-hetero) is 1. The second-order valence-electron chi connectivity index (χ2n) is 8.71. The molecule has 2 aliphatic carbocycles. The van der Waals surface area contributed by atoms with Gasteiger partial charge in [0.2, 0.25) is 0 Å². The van der Waals surface area contributed by atoms with E-state index in [1.807, 2.05) is 0 Å². The second kappa shape index (κ2) is 6.67. The van der Waals surface area contributed by atoms with Crippen LogP contribution in [0.15, 0.2) is 22.6 Å². The van der Waals surface area contributed by atoms with Crippen molar-refractivity contribution in [2.45, 2.75) is 76.1 Å². The Balaban J connectivity index is 2.04. The molecule has 2 saturated carbocycles. The Labute approximate surface area is 140 Å². The van der Waals surface area contributed by atoms with Crippen LogP contribution in [0.5, 0.6) is 0 Å². The molecule has 2 fully saturated rings. The maximum absolute atomic E-state index is 13.0. The Morgan fingerprint density at radius 3 is 2.64 bits per heavy atom. The zero-order chi connectivity index (χ0) is 16.5. The van der Waals surface area contributed by atoms with Gasteiger partial charge in [0, 0.05) is 0 Å². The van der Waals surface area contributed by atoms with E-state index in [9.17, 15) is 4.79 Å². The van der Waals surface area contributed by atoms with E-state index < -0.39 is 13.3 Å². The molecule has 0 N–H and O–H groups in total. The number of rotatable bonds is 4. The van der Waals surface area contributed by atoms with Crippen molar-refractivity contribution in [1.29, 1.82) is 0 Å². The van der Waals surface area contributed by atoms with E-state index in [1.165, 1.54) is 12.0 Å². The van der Waals surface area contributed by atoms with E-state index in [0.717, 1.165) is 38.5 Å². The van der Waals surface area contributed by atoms with Crippen LogP contribution in [0.3, 0.4) is 0 Å². The van der Waals surface area contributed by atoms with Gasteiger partial charge in [-0.05, 0) is 0 Å². The molecule has 0 amide bonds. The number of carbonyl (C=O) groups excluding carboxylic acids is 1. The van der Waals surface area contributed by atoms with Crippen LogP contribution in [-0.4, -0.2) is 19.0 Å². The minimum atomic E-state index is -1.72. The summed E-state index contributed by atoms with van der Waals surface area (Å²) in [7, 11) is 0. The Morgan fingerprint density at radius 1 is 1.36 bits per heavy atom. The Morgan fingerprint density at radius 2 is 2.05 bits per heavy atom. The molecule has 2 aliphatic rings. The first-order valence-corrected chi connectivity index (χ1v) is 16.4. The molecule has 0 saturated heterocycles. The average molecular weight is 363 g/mol. The summed E-state index contributed by atoms with van der Waals surface area (Å²) in [5.41, 5.74) is 1.45. The molecule has 22 heavy (non-hydrogen) atoms. The first kappa shape index (κ1) is 18.0. The van der Waals surface area contributed by atoms with Crippen LogP contribution in [0.25, 0.3) is 0 Å². The van der Waals surface area contributed by atoms with Crippen LogP contribution in [0, 0.1) is 17.3 Å². The van der Waals surface area contributed by atoms with Crippen molar-refractivity contribution < 1.29 is 4.79 Å². The summed E-state index contributed by atoms with van der Waals surface area (Å²) >= 11 is -1.72. The van der Waals surface area contributed by atoms with Crippen molar-refractivity contribution in [2.24, 2.45) is 17.3 Å². The van der Waals surface area contributed by atoms with Crippen molar-refractivity contribution in [2.75, 3.05) is 0 Å². The van der Waals surface area contributed by atoms with Crippen LogP contribution in [0.4, 0.5) is 0 Å². The predicted molar refractivity (Wildman–Crippen MR) is 98.7 cm³/mol. The zero-order valence-electron chi connectivity index (χ0n) is 15.3. The van der Waals surface area contributed by atoms with Crippen molar-refractivity contribution in [3.63, 3.8) is 0 Å². The van der Waals surface area contributed by atoms with Gasteiger partial charge < -0.3 is 0 Å². The van der Waals surface area contributed by atoms with E-state index in [0.29, 0.717) is 11.7 Å². The van der Waals surface area contributed by atoms with Gasteiger partial charge in [-0.1, -0.05) is 0 Å². The molecule has 0 heterocycles. The summed E-state index contributed by atoms with van der Waals surface area (Å²) in [5, 5.41) is 0. The van der Waals surface area contributed by atoms with Crippen LogP contribution < -0.4 is 0 Å². The van der Waals surface area contributed by atoms with Gasteiger partial charge >= 0.3 is 140 Å². The number of carbonyl (C=O) groups is 1. The maximum atomic E-state index is 13.0. The van der Waals surface area contributed by atoms with E-state index in [1.54, 1.807) is 4.41 Å². The standard InChI is InChI=1S/C20H34GeO/c1-7-17(21(4,5)6)12-11-16-13-14-20(3)15(2)9-8-10-18(20)19(16)22/h7,16,18H,2,8-14H2,1,3-6H3/b17-7+/t16-,18+,20-/m0/s1. The number of hydrogen-bond acceptors (Lipinski definition) is 1. The second-order valence-corrected chi connectivity index (χ2v) is 19.5. The van der Waals surface area contributed by atoms with Crippen LogP contribution >= 0.6 is 0 Å². The van der Waals surface area contributed by atoms with Gasteiger partial charge in [-0.2, -0.15) is 0 Å². The quantitative estimate of drug-likeness (QED) is 0.447. The van der Waals surface area contributed by atoms with Crippen LogP contribution in [0.2, 0.25) is 17.3 Å². The first-order valence-electron chi connectivity index (χ1n) is 9.08. The Hall–Kier alpha value is -0.307. The molecule has 124 valence electrons. The van der Waals surface area contributed by atoms with Crippen LogP contribution in [0.1, 0.15) is 58.8 Å². The normalized spacial score (nSPS) is 33.8. The fraction of sp³-hybridized carbons (Fsp3) is 0.750. The topological polar surface area (TPSA) is 17.1 Å². The third kappa shape index (κ3) is 3.44. The summed E-state index contributed by atoms with van der Waals surface area (Å²) in [5.74, 6) is 8.51. The van der Waals surface area contributed by atoms with Gasteiger partial charge in [-0.3, -0.25) is 0 Å². The van der Waals surface area contributed by atoms with E-state index >= 15 is 0 Å². The molecule has 0 spiro atoms. The third-order valence-electron chi connectivity index (χ3n) is 6.38. The Bertz CT molecular complexity index is 482. The number of ketones is 1. The van der Waals surface area contributed by atoms with Gasteiger partial charge in [0.15, 0.2) is 0 Å². The van der Waals surface area contributed by atoms with E-state index in [2.05, 4.69) is 43.8 Å². The first-order chi connectivity index (χ1) is 10.2. The zero-order valence-corrected chi connectivity index (χ0v) is 17.4. The van der Waals surface area contributed by atoms with E-state index in [-0.39, 0.29) is 11.3 Å². The molecule has 0 bridgehead atoms. The van der Waals surface area contributed by atoms with Gasteiger partial charge in [0.1, 0.15) is 0 Å².